The van der Waals surface area contributed by atoms with Crippen molar-refractivity contribution in [2.45, 2.75) is 46.5 Å². The van der Waals surface area contributed by atoms with Crippen LogP contribution in [0.5, 0.6) is 0 Å². The van der Waals surface area contributed by atoms with Gasteiger partial charge in [0.25, 0.3) is 0 Å². The average molecular weight is 424 g/mol. The second-order valence-electron chi connectivity index (χ2n) is 9.47. The summed E-state index contributed by atoms with van der Waals surface area (Å²) in [5, 5.41) is 2.33. The Hall–Kier alpha value is -3.33. The first-order valence-corrected chi connectivity index (χ1v) is 11.5. The topological polar surface area (TPSA) is 21.9 Å². The number of aryl methyl sites for hydroxylation is 2. The molecule has 2 heterocycles. The van der Waals surface area contributed by atoms with Crippen LogP contribution in [-0.2, 0) is 7.05 Å². The fraction of sp³-hybridized carbons (Fsp3) is 0.276. The van der Waals surface area contributed by atoms with Gasteiger partial charge in [-0.1, -0.05) is 76.2 Å². The lowest BCUT2D eigenvalue weighted by Crippen LogP contribution is -2.31. The van der Waals surface area contributed by atoms with Gasteiger partial charge in [0.2, 0.25) is 6.33 Å². The van der Waals surface area contributed by atoms with Crippen LogP contribution in [0.15, 0.2) is 71.5 Å². The van der Waals surface area contributed by atoms with E-state index >= 15 is 0 Å². The number of nitrogens with zero attached hydrogens (tertiary/aromatic N) is 2. The third-order valence-electron chi connectivity index (χ3n) is 6.55. The highest BCUT2D eigenvalue weighted by molar-refractivity contribution is 6.09. The fourth-order valence-electron chi connectivity index (χ4n) is 4.88. The van der Waals surface area contributed by atoms with Crippen molar-refractivity contribution in [1.29, 1.82) is 0 Å². The zero-order valence-electron chi connectivity index (χ0n) is 19.8. The van der Waals surface area contributed by atoms with Gasteiger partial charge in [-0.05, 0) is 30.4 Å². The van der Waals surface area contributed by atoms with Crippen LogP contribution in [0.4, 0.5) is 0 Å². The summed E-state index contributed by atoms with van der Waals surface area (Å²) in [5.74, 6) is 0.890. The molecule has 0 saturated carbocycles. The minimum absolute atomic E-state index is 0.445. The van der Waals surface area contributed by atoms with Crippen LogP contribution in [0.1, 0.15) is 56.2 Å². The number of imidazole rings is 1. The molecule has 0 aliphatic heterocycles. The summed E-state index contributed by atoms with van der Waals surface area (Å²) in [4.78, 5) is 0. The molecule has 0 amide bonds. The van der Waals surface area contributed by atoms with Gasteiger partial charge < -0.3 is 4.42 Å². The van der Waals surface area contributed by atoms with Gasteiger partial charge in [0.05, 0.1) is 12.6 Å². The Bertz CT molecular complexity index is 1420. The second kappa shape index (κ2) is 7.67. The largest absolute Gasteiger partial charge is 0.455 e. The lowest BCUT2D eigenvalue weighted by Gasteiger charge is -2.16. The lowest BCUT2D eigenvalue weighted by atomic mass is 9.92. The molecular weight excluding hydrogens is 392 g/mol. The van der Waals surface area contributed by atoms with E-state index in [1.54, 1.807) is 0 Å². The maximum absolute atomic E-state index is 6.39. The fourth-order valence-corrected chi connectivity index (χ4v) is 4.88. The predicted molar refractivity (Wildman–Crippen MR) is 133 cm³/mol. The predicted octanol–water partition coefficient (Wildman–Crippen LogP) is 7.42. The van der Waals surface area contributed by atoms with Crippen molar-refractivity contribution in [3.05, 3.63) is 83.8 Å². The zero-order valence-corrected chi connectivity index (χ0v) is 19.8. The van der Waals surface area contributed by atoms with Crippen molar-refractivity contribution < 1.29 is 8.98 Å². The van der Waals surface area contributed by atoms with E-state index in [1.165, 1.54) is 27.8 Å². The highest BCUT2D eigenvalue weighted by Gasteiger charge is 2.25. The standard InChI is InChI=1S/C29H31N2O/c1-18(2)21-11-9-12-22(19(3)4)28(21)31-16-25(30(6)17-31)27-20(5)14-15-24-23-10-7-8-13-26(23)32-29(24)27/h7-19H,1-6H3/q+1. The van der Waals surface area contributed by atoms with E-state index in [9.17, 15) is 0 Å². The smallest absolute Gasteiger partial charge is 0.249 e. The van der Waals surface area contributed by atoms with Crippen molar-refractivity contribution in [2.75, 3.05) is 0 Å². The van der Waals surface area contributed by atoms with Gasteiger partial charge in [-0.2, -0.15) is 0 Å². The molecule has 0 unspecified atom stereocenters. The van der Waals surface area contributed by atoms with Gasteiger partial charge in [-0.3, -0.25) is 0 Å². The molecule has 0 bridgehead atoms. The molecule has 3 aromatic carbocycles. The summed E-state index contributed by atoms with van der Waals surface area (Å²) < 4.78 is 10.9. The van der Waals surface area contributed by atoms with Crippen LogP contribution in [0.3, 0.4) is 0 Å². The molecule has 0 fully saturated rings. The second-order valence-corrected chi connectivity index (χ2v) is 9.47. The Labute approximate surface area is 189 Å². The first kappa shape index (κ1) is 20.6. The molecule has 0 aliphatic carbocycles. The van der Waals surface area contributed by atoms with Crippen LogP contribution in [0.25, 0.3) is 38.9 Å². The van der Waals surface area contributed by atoms with E-state index in [2.05, 4.69) is 106 Å². The number of para-hydroxylation sites is 2. The first-order valence-electron chi connectivity index (χ1n) is 11.5. The Morgan fingerprint density at radius 1 is 0.812 bits per heavy atom. The van der Waals surface area contributed by atoms with Crippen LogP contribution in [0, 0.1) is 6.92 Å². The molecule has 0 saturated heterocycles. The average Bonchev–Trinajstić information content (AvgIpc) is 3.33. The third-order valence-corrected chi connectivity index (χ3v) is 6.55. The van der Waals surface area contributed by atoms with Crippen molar-refractivity contribution in [1.82, 2.24) is 4.57 Å². The van der Waals surface area contributed by atoms with Crippen LogP contribution < -0.4 is 4.57 Å². The molecule has 5 rings (SSSR count). The van der Waals surface area contributed by atoms with Crippen LogP contribution >= 0.6 is 0 Å². The molecule has 3 heteroatoms. The SMILES string of the molecule is Cc1ccc2c(oc3ccccc32)c1-c1c[n+](-c2c(C(C)C)cccc2C(C)C)cn1C. The number of aromatic nitrogens is 2. The number of benzene rings is 3. The zero-order chi connectivity index (χ0) is 22.6. The maximum Gasteiger partial charge on any atom is 0.249 e. The Morgan fingerprint density at radius 3 is 2.19 bits per heavy atom. The molecule has 3 nitrogen and oxygen atoms in total. The van der Waals surface area contributed by atoms with Gasteiger partial charge >= 0.3 is 0 Å². The molecule has 2 aromatic heterocycles. The monoisotopic (exact) mass is 423 g/mol. The minimum atomic E-state index is 0.445. The van der Waals surface area contributed by atoms with Gasteiger partial charge in [0, 0.05) is 21.9 Å². The summed E-state index contributed by atoms with van der Waals surface area (Å²) in [5.41, 5.74) is 9.46. The molecule has 0 atom stereocenters. The number of hydrogen-bond acceptors (Lipinski definition) is 1. The first-order chi connectivity index (χ1) is 15.4. The highest BCUT2D eigenvalue weighted by atomic mass is 16.3. The van der Waals surface area contributed by atoms with Gasteiger partial charge in [-0.15, -0.1) is 0 Å². The van der Waals surface area contributed by atoms with E-state index in [0.29, 0.717) is 11.8 Å². The number of fused-ring (bicyclic) bond motifs is 3. The summed E-state index contributed by atoms with van der Waals surface area (Å²) in [6.07, 6.45) is 4.46. The van der Waals surface area contributed by atoms with E-state index < -0.39 is 0 Å². The molecule has 0 spiro atoms. The molecule has 0 aliphatic rings. The van der Waals surface area contributed by atoms with Gasteiger partial charge in [0.15, 0.2) is 5.69 Å². The molecule has 0 radical (unpaired) electrons. The molecule has 5 aromatic rings. The van der Waals surface area contributed by atoms with Gasteiger partial charge in [-0.25, -0.2) is 9.13 Å². The summed E-state index contributed by atoms with van der Waals surface area (Å²) in [7, 11) is 2.12. The summed E-state index contributed by atoms with van der Waals surface area (Å²) in [6, 6.07) is 19.4. The van der Waals surface area contributed by atoms with Gasteiger partial charge in [0.1, 0.15) is 23.1 Å². The minimum Gasteiger partial charge on any atom is -0.455 e. The Morgan fingerprint density at radius 2 is 1.50 bits per heavy atom. The van der Waals surface area contributed by atoms with E-state index in [4.69, 9.17) is 4.42 Å². The normalized spacial score (nSPS) is 12.0. The van der Waals surface area contributed by atoms with Crippen molar-refractivity contribution in [2.24, 2.45) is 7.05 Å². The molecular formula is C29H31N2O+. The quantitative estimate of drug-likeness (QED) is 0.276. The summed E-state index contributed by atoms with van der Waals surface area (Å²) >= 11 is 0. The highest BCUT2D eigenvalue weighted by Crippen LogP contribution is 2.38. The van der Waals surface area contributed by atoms with Crippen molar-refractivity contribution in [3.8, 4) is 16.9 Å². The Balaban J connectivity index is 1.78. The van der Waals surface area contributed by atoms with E-state index in [1.807, 2.05) is 12.1 Å². The number of furan rings is 1. The number of rotatable bonds is 4. The molecule has 0 N–H and O–H groups in total. The maximum atomic E-state index is 6.39. The summed E-state index contributed by atoms with van der Waals surface area (Å²) in [6.45, 7) is 11.2. The third kappa shape index (κ3) is 3.15. The van der Waals surface area contributed by atoms with Crippen molar-refractivity contribution >= 4 is 21.9 Å². The lowest BCUT2D eigenvalue weighted by molar-refractivity contribution is -0.596. The van der Waals surface area contributed by atoms with E-state index in [0.717, 1.165) is 27.8 Å². The molecule has 162 valence electrons. The van der Waals surface area contributed by atoms with Crippen LogP contribution in [0.2, 0.25) is 0 Å². The Kier molecular flexibility index (Phi) is 4.93. The number of hydrogen-bond donors (Lipinski definition) is 0. The van der Waals surface area contributed by atoms with E-state index in [-0.39, 0.29) is 0 Å². The molecule has 32 heavy (non-hydrogen) atoms. The van der Waals surface area contributed by atoms with Crippen LogP contribution in [-0.4, -0.2) is 4.57 Å². The van der Waals surface area contributed by atoms with Crippen molar-refractivity contribution in [3.63, 3.8) is 0 Å².